The standard InChI is InChI=1S/C36H47N5O7/c1-7-24-28(19-42)41-18-29(24)47-32-26(38-25-14-13-23(15-27(25)39-32)45-20-30-37-17-21(2)46-30)12-10-8-9-11-22-16-36(22,6)48-34(44)40-31(33(41)43)35(3,4)5/h13-15,17,19,22,24,28-29,31H,7-12,16,18,20H2,1-6H3,(H,40,44)/t22-,24+,28-,29+,31-,36-/m1/s1. The van der Waals surface area contributed by atoms with Gasteiger partial charge in [-0.3, -0.25) is 4.79 Å². The third-order valence-corrected chi connectivity index (χ3v) is 10.0. The largest absolute Gasteiger partial charge is 0.484 e. The van der Waals surface area contributed by atoms with Gasteiger partial charge in [0.25, 0.3) is 0 Å². The van der Waals surface area contributed by atoms with E-state index in [4.69, 9.17) is 28.6 Å². The van der Waals surface area contributed by atoms with Gasteiger partial charge in [-0.1, -0.05) is 40.5 Å². The van der Waals surface area contributed by atoms with E-state index in [1.54, 1.807) is 11.1 Å². The van der Waals surface area contributed by atoms with Gasteiger partial charge in [0.15, 0.2) is 6.61 Å². The maximum Gasteiger partial charge on any atom is 0.408 e. The third kappa shape index (κ3) is 7.12. The van der Waals surface area contributed by atoms with Gasteiger partial charge in [0.1, 0.15) is 41.2 Å². The van der Waals surface area contributed by atoms with E-state index in [2.05, 4.69) is 10.3 Å². The number of rotatable bonds is 5. The highest BCUT2D eigenvalue weighted by Crippen LogP contribution is 2.49. The first-order valence-electron chi connectivity index (χ1n) is 17.1. The second kappa shape index (κ2) is 13.4. The summed E-state index contributed by atoms with van der Waals surface area (Å²) in [4.78, 5) is 55.6. The van der Waals surface area contributed by atoms with Gasteiger partial charge in [-0.25, -0.2) is 19.7 Å². The number of nitrogens with zero attached hydrogens (tertiary/aromatic N) is 4. The SMILES string of the molecule is CC[C@@H]1[C@@H]2CN(C(=O)[C@H](C(C)(C)C)NC(=O)O[C@]3(C)C[C@H]3CCCCCc3nc4ccc(OCc5ncc(C)o5)cc4nc3O2)[C@@H]1C=O. The summed E-state index contributed by atoms with van der Waals surface area (Å²) in [5, 5.41) is 2.86. The number of hydrogen-bond acceptors (Lipinski definition) is 10. The Balaban J connectivity index is 1.32. The van der Waals surface area contributed by atoms with Gasteiger partial charge in [0, 0.05) is 17.9 Å². The van der Waals surface area contributed by atoms with Gasteiger partial charge in [-0.15, -0.1) is 0 Å². The van der Waals surface area contributed by atoms with Gasteiger partial charge in [0.2, 0.25) is 17.7 Å². The van der Waals surface area contributed by atoms with Crippen LogP contribution < -0.4 is 14.8 Å². The molecule has 1 N–H and O–H groups in total. The summed E-state index contributed by atoms with van der Waals surface area (Å²) in [6.45, 7) is 11.8. The summed E-state index contributed by atoms with van der Waals surface area (Å²) < 4.78 is 24.0. The lowest BCUT2D eigenvalue weighted by Crippen LogP contribution is -2.56. The van der Waals surface area contributed by atoms with Crippen LogP contribution in [0.15, 0.2) is 28.8 Å². The zero-order chi connectivity index (χ0) is 34.2. The van der Waals surface area contributed by atoms with E-state index in [0.29, 0.717) is 41.6 Å². The number of oxazole rings is 1. The van der Waals surface area contributed by atoms with E-state index in [1.807, 2.05) is 59.7 Å². The number of nitrogens with one attached hydrogen (secondary N) is 1. The number of hydrogen-bond donors (Lipinski definition) is 1. The molecule has 4 heterocycles. The molecule has 0 spiro atoms. The van der Waals surface area contributed by atoms with Gasteiger partial charge < -0.3 is 33.6 Å². The Labute approximate surface area is 281 Å². The molecule has 1 saturated heterocycles. The van der Waals surface area contributed by atoms with Crippen LogP contribution in [0.5, 0.6) is 11.6 Å². The van der Waals surface area contributed by atoms with Gasteiger partial charge in [-0.05, 0) is 63.5 Å². The van der Waals surface area contributed by atoms with Crippen molar-refractivity contribution in [3.8, 4) is 11.6 Å². The lowest BCUT2D eigenvalue weighted by Gasteiger charge is -2.35. The first kappa shape index (κ1) is 33.7. The number of benzene rings is 1. The molecule has 3 aliphatic rings. The van der Waals surface area contributed by atoms with E-state index < -0.39 is 35.3 Å². The predicted molar refractivity (Wildman–Crippen MR) is 176 cm³/mol. The molecular weight excluding hydrogens is 614 g/mol. The maximum atomic E-state index is 14.2. The normalized spacial score (nSPS) is 28.3. The van der Waals surface area contributed by atoms with Crippen molar-refractivity contribution in [1.82, 2.24) is 25.2 Å². The van der Waals surface area contributed by atoms with E-state index in [1.165, 1.54) is 0 Å². The Morgan fingerprint density at radius 3 is 2.67 bits per heavy atom. The van der Waals surface area contributed by atoms with Crippen LogP contribution in [0.2, 0.25) is 0 Å². The van der Waals surface area contributed by atoms with Crippen LogP contribution in [0.3, 0.4) is 0 Å². The topological polar surface area (TPSA) is 146 Å². The Morgan fingerprint density at radius 2 is 1.96 bits per heavy atom. The van der Waals surface area contributed by atoms with Crippen LogP contribution >= 0.6 is 0 Å². The van der Waals surface area contributed by atoms with E-state index in [-0.39, 0.29) is 30.9 Å². The molecule has 1 aliphatic carbocycles. The van der Waals surface area contributed by atoms with Crippen molar-refractivity contribution in [3.63, 3.8) is 0 Å². The number of aryl methyl sites for hydroxylation is 2. The molecule has 3 aromatic rings. The quantitative estimate of drug-likeness (QED) is 0.337. The second-order valence-corrected chi connectivity index (χ2v) is 14.8. The highest BCUT2D eigenvalue weighted by Gasteiger charge is 2.54. The molecule has 2 aliphatic heterocycles. The summed E-state index contributed by atoms with van der Waals surface area (Å²) in [5.74, 6) is 1.83. The molecule has 1 aromatic carbocycles. The van der Waals surface area contributed by atoms with E-state index in [0.717, 1.165) is 49.6 Å². The van der Waals surface area contributed by atoms with Crippen molar-refractivity contribution in [2.75, 3.05) is 6.54 Å². The van der Waals surface area contributed by atoms with Crippen LogP contribution in [-0.2, 0) is 27.4 Å². The van der Waals surface area contributed by atoms with Crippen LogP contribution in [-0.4, -0.2) is 68.5 Å². The van der Waals surface area contributed by atoms with Crippen molar-refractivity contribution in [1.29, 1.82) is 0 Å². The maximum absolute atomic E-state index is 14.2. The highest BCUT2D eigenvalue weighted by molar-refractivity contribution is 5.89. The number of aldehydes is 1. The van der Waals surface area contributed by atoms with Gasteiger partial charge >= 0.3 is 6.09 Å². The van der Waals surface area contributed by atoms with Crippen LogP contribution in [0.25, 0.3) is 11.0 Å². The predicted octanol–water partition coefficient (Wildman–Crippen LogP) is 5.72. The van der Waals surface area contributed by atoms with Crippen molar-refractivity contribution in [2.24, 2.45) is 17.3 Å². The van der Waals surface area contributed by atoms with Gasteiger partial charge in [-0.2, -0.15) is 0 Å². The lowest BCUT2D eigenvalue weighted by atomic mass is 9.85. The molecule has 6 atom stereocenters. The fourth-order valence-electron chi connectivity index (χ4n) is 7.10. The Bertz CT molecular complexity index is 1670. The van der Waals surface area contributed by atoms with Crippen molar-refractivity contribution >= 4 is 29.3 Å². The Hall–Kier alpha value is -4.22. The minimum absolute atomic E-state index is 0.168. The van der Waals surface area contributed by atoms with Crippen molar-refractivity contribution in [3.05, 3.63) is 41.7 Å². The average molecular weight is 662 g/mol. The molecule has 6 rings (SSSR count). The number of carbonyl (C=O) groups is 3. The third-order valence-electron chi connectivity index (χ3n) is 10.0. The smallest absolute Gasteiger partial charge is 0.408 e. The zero-order valence-corrected chi connectivity index (χ0v) is 28.8. The monoisotopic (exact) mass is 661 g/mol. The van der Waals surface area contributed by atoms with Crippen molar-refractivity contribution in [2.45, 2.75) is 117 Å². The molecule has 12 heteroatoms. The number of amides is 2. The molecule has 12 nitrogen and oxygen atoms in total. The molecule has 2 amide bonds. The summed E-state index contributed by atoms with van der Waals surface area (Å²) >= 11 is 0. The molecule has 2 aromatic heterocycles. The molecule has 2 bridgehead atoms. The van der Waals surface area contributed by atoms with E-state index >= 15 is 0 Å². The minimum atomic E-state index is -0.905. The molecular formula is C36H47N5O7. The number of alkyl carbamates (subject to hydrolysis) is 1. The van der Waals surface area contributed by atoms with Gasteiger partial charge in [0.05, 0.1) is 29.8 Å². The summed E-state index contributed by atoms with van der Waals surface area (Å²) in [7, 11) is 0. The second-order valence-electron chi connectivity index (χ2n) is 14.8. The van der Waals surface area contributed by atoms with Crippen molar-refractivity contribution < 1.29 is 33.0 Å². The highest BCUT2D eigenvalue weighted by atomic mass is 16.6. The van der Waals surface area contributed by atoms with Crippen LogP contribution in [0.4, 0.5) is 4.79 Å². The van der Waals surface area contributed by atoms with E-state index in [9.17, 15) is 14.4 Å². The number of ether oxygens (including phenoxy) is 3. The first-order valence-corrected chi connectivity index (χ1v) is 17.1. The van der Waals surface area contributed by atoms with Crippen LogP contribution in [0, 0.1) is 24.2 Å². The molecule has 1 saturated carbocycles. The Morgan fingerprint density at radius 1 is 1.15 bits per heavy atom. The number of fused-ring (bicyclic) bond motifs is 5. The zero-order valence-electron chi connectivity index (χ0n) is 28.8. The molecule has 48 heavy (non-hydrogen) atoms. The fourth-order valence-corrected chi connectivity index (χ4v) is 7.10. The molecule has 0 radical (unpaired) electrons. The summed E-state index contributed by atoms with van der Waals surface area (Å²) in [5.41, 5.74) is 0.881. The minimum Gasteiger partial charge on any atom is -0.484 e. The summed E-state index contributed by atoms with van der Waals surface area (Å²) in [6, 6.07) is 3.92. The summed E-state index contributed by atoms with van der Waals surface area (Å²) in [6.07, 6.45) is 7.22. The fraction of sp³-hybridized carbons (Fsp3) is 0.611. The lowest BCUT2D eigenvalue weighted by molar-refractivity contribution is -0.139. The average Bonchev–Trinajstić information content (AvgIpc) is 3.31. The van der Waals surface area contributed by atoms with Crippen LogP contribution in [0.1, 0.15) is 90.5 Å². The number of carbonyl (C=O) groups excluding carboxylic acids is 3. The molecule has 258 valence electrons. The number of aromatic nitrogens is 3. The molecule has 2 fully saturated rings. The Kier molecular flexibility index (Phi) is 9.37. The first-order chi connectivity index (χ1) is 22.9. The molecule has 0 unspecified atom stereocenters.